The number of fused-ring (bicyclic) bond motifs is 1. The Kier molecular flexibility index (Phi) is 8.03. The molecule has 0 aliphatic heterocycles. The molecule has 4 aromatic rings. The average Bonchev–Trinajstić information content (AvgIpc) is 2.86. The van der Waals surface area contributed by atoms with Crippen LogP contribution in [-0.2, 0) is 18.7 Å². The van der Waals surface area contributed by atoms with Crippen LogP contribution in [0.2, 0.25) is 0 Å². The number of carbonyl (C=O) groups is 1. The summed E-state index contributed by atoms with van der Waals surface area (Å²) >= 11 is 1.56. The van der Waals surface area contributed by atoms with Gasteiger partial charge in [0.05, 0.1) is 10.9 Å². The van der Waals surface area contributed by atoms with Gasteiger partial charge in [-0.15, -0.1) is 0 Å². The fourth-order valence-corrected chi connectivity index (χ4v) is 4.95. The monoisotopic (exact) mass is 485 g/mol. The van der Waals surface area contributed by atoms with Crippen molar-refractivity contribution >= 4 is 28.6 Å². The summed E-state index contributed by atoms with van der Waals surface area (Å²) in [6.45, 7) is 7.34. The number of hydrogen-bond acceptors (Lipinski definition) is 4. The highest BCUT2D eigenvalue weighted by molar-refractivity contribution is 7.98. The van der Waals surface area contributed by atoms with Crippen LogP contribution in [0.1, 0.15) is 40.9 Å². The first-order valence-corrected chi connectivity index (χ1v) is 12.9. The zero-order chi connectivity index (χ0) is 24.8. The number of nitrogens with zero attached hydrogens (tertiary/aromatic N) is 2. The second-order valence-corrected chi connectivity index (χ2v) is 10.1. The molecule has 0 spiro atoms. The molecular weight excluding hydrogens is 454 g/mol. The Labute approximate surface area is 210 Å². The van der Waals surface area contributed by atoms with E-state index in [2.05, 4.69) is 50.4 Å². The predicted molar refractivity (Wildman–Crippen MR) is 144 cm³/mol. The van der Waals surface area contributed by atoms with Crippen LogP contribution in [0.15, 0.2) is 82.7 Å². The van der Waals surface area contributed by atoms with Gasteiger partial charge in [0, 0.05) is 24.4 Å². The maximum absolute atomic E-state index is 13.6. The molecule has 0 saturated carbocycles. The standard InChI is InChI=1S/C29H31N3O2S/c1-20(2)18-30-27(33)23-13-14-25-26(17-23)31-29(35-19-24-12-8-7-9-21(24)3)32(28(25)34)16-15-22-10-5-4-6-11-22/h4-14,17,20H,15-16,18-19H2,1-3H3,(H,30,33). The number of nitrogens with one attached hydrogen (secondary N) is 1. The van der Waals surface area contributed by atoms with Crippen LogP contribution < -0.4 is 10.9 Å². The molecule has 35 heavy (non-hydrogen) atoms. The Morgan fingerprint density at radius 3 is 2.51 bits per heavy atom. The van der Waals surface area contributed by atoms with Gasteiger partial charge in [-0.25, -0.2) is 4.98 Å². The van der Waals surface area contributed by atoms with Crippen LogP contribution in [-0.4, -0.2) is 22.0 Å². The molecule has 4 rings (SSSR count). The second kappa shape index (κ2) is 11.4. The SMILES string of the molecule is Cc1ccccc1CSc1nc2cc(C(=O)NCC(C)C)ccc2c(=O)n1CCc1ccccc1. The van der Waals surface area contributed by atoms with Crippen molar-refractivity contribution in [3.8, 4) is 0 Å². The third-order valence-electron chi connectivity index (χ3n) is 5.94. The van der Waals surface area contributed by atoms with E-state index in [1.165, 1.54) is 16.7 Å². The van der Waals surface area contributed by atoms with Crippen LogP contribution in [0.5, 0.6) is 0 Å². The highest BCUT2D eigenvalue weighted by atomic mass is 32.2. The van der Waals surface area contributed by atoms with Crippen molar-refractivity contribution < 1.29 is 4.79 Å². The average molecular weight is 486 g/mol. The molecule has 0 bridgehead atoms. The molecule has 0 radical (unpaired) electrons. The van der Waals surface area contributed by atoms with Gasteiger partial charge in [-0.3, -0.25) is 14.2 Å². The van der Waals surface area contributed by atoms with Gasteiger partial charge in [-0.2, -0.15) is 0 Å². The molecule has 1 amide bonds. The van der Waals surface area contributed by atoms with Crippen LogP contribution in [0.3, 0.4) is 0 Å². The molecule has 3 aromatic carbocycles. The summed E-state index contributed by atoms with van der Waals surface area (Å²) in [5, 5.41) is 4.13. The van der Waals surface area contributed by atoms with Crippen molar-refractivity contribution in [1.82, 2.24) is 14.9 Å². The van der Waals surface area contributed by atoms with E-state index < -0.39 is 0 Å². The number of benzene rings is 3. The molecular formula is C29H31N3O2S. The van der Waals surface area contributed by atoms with Crippen LogP contribution >= 0.6 is 11.8 Å². The largest absolute Gasteiger partial charge is 0.352 e. The normalized spacial score (nSPS) is 11.2. The Hall–Kier alpha value is -3.38. The summed E-state index contributed by atoms with van der Waals surface area (Å²) in [5.74, 6) is 0.924. The smallest absolute Gasteiger partial charge is 0.262 e. The minimum absolute atomic E-state index is 0.0765. The molecule has 5 nitrogen and oxygen atoms in total. The van der Waals surface area contributed by atoms with Crippen LogP contribution in [0.4, 0.5) is 0 Å². The van der Waals surface area contributed by atoms with Crippen molar-refractivity contribution in [1.29, 1.82) is 0 Å². The zero-order valence-corrected chi connectivity index (χ0v) is 21.3. The Morgan fingerprint density at radius 2 is 1.77 bits per heavy atom. The van der Waals surface area contributed by atoms with E-state index in [9.17, 15) is 9.59 Å². The van der Waals surface area contributed by atoms with Crippen molar-refractivity contribution in [3.05, 3.63) is 105 Å². The van der Waals surface area contributed by atoms with E-state index in [1.807, 2.05) is 30.3 Å². The number of carbonyl (C=O) groups excluding carboxylic acids is 1. The lowest BCUT2D eigenvalue weighted by molar-refractivity contribution is 0.0949. The zero-order valence-electron chi connectivity index (χ0n) is 20.5. The first-order chi connectivity index (χ1) is 16.9. The lowest BCUT2D eigenvalue weighted by Crippen LogP contribution is -2.28. The highest BCUT2D eigenvalue weighted by Gasteiger charge is 2.15. The van der Waals surface area contributed by atoms with E-state index in [1.54, 1.807) is 34.5 Å². The van der Waals surface area contributed by atoms with Gasteiger partial charge < -0.3 is 5.32 Å². The van der Waals surface area contributed by atoms with E-state index in [0.717, 1.165) is 6.42 Å². The predicted octanol–water partition coefficient (Wildman–Crippen LogP) is 5.63. The number of aromatic nitrogens is 2. The molecule has 1 N–H and O–H groups in total. The van der Waals surface area contributed by atoms with Crippen LogP contribution in [0.25, 0.3) is 10.9 Å². The lowest BCUT2D eigenvalue weighted by atomic mass is 10.1. The molecule has 0 aliphatic rings. The van der Waals surface area contributed by atoms with E-state index >= 15 is 0 Å². The van der Waals surface area contributed by atoms with Gasteiger partial charge in [0.15, 0.2) is 5.16 Å². The molecule has 0 saturated heterocycles. The molecule has 0 atom stereocenters. The quantitative estimate of drug-likeness (QED) is 0.247. The van der Waals surface area contributed by atoms with Crippen LogP contribution in [0, 0.1) is 12.8 Å². The third kappa shape index (κ3) is 6.20. The number of aryl methyl sites for hydroxylation is 2. The van der Waals surface area contributed by atoms with Gasteiger partial charge in [-0.05, 0) is 54.2 Å². The highest BCUT2D eigenvalue weighted by Crippen LogP contribution is 2.24. The number of rotatable bonds is 9. The Bertz CT molecular complexity index is 1380. The summed E-state index contributed by atoms with van der Waals surface area (Å²) < 4.78 is 1.77. The topological polar surface area (TPSA) is 64.0 Å². The molecule has 1 heterocycles. The molecule has 0 aliphatic carbocycles. The fourth-order valence-electron chi connectivity index (χ4n) is 3.85. The van der Waals surface area contributed by atoms with Gasteiger partial charge >= 0.3 is 0 Å². The van der Waals surface area contributed by atoms with E-state index in [0.29, 0.717) is 46.4 Å². The summed E-state index contributed by atoms with van der Waals surface area (Å²) in [6.07, 6.45) is 0.738. The molecule has 1 aromatic heterocycles. The third-order valence-corrected chi connectivity index (χ3v) is 6.96. The number of thioether (sulfide) groups is 1. The molecule has 0 fully saturated rings. The fraction of sp³-hybridized carbons (Fsp3) is 0.276. The summed E-state index contributed by atoms with van der Waals surface area (Å²) in [6, 6.07) is 23.6. The van der Waals surface area contributed by atoms with Gasteiger partial charge in [0.2, 0.25) is 0 Å². The maximum atomic E-state index is 13.6. The lowest BCUT2D eigenvalue weighted by Gasteiger charge is -2.14. The first kappa shape index (κ1) is 24.7. The van der Waals surface area contributed by atoms with Gasteiger partial charge in [0.1, 0.15) is 0 Å². The summed E-state index contributed by atoms with van der Waals surface area (Å²) in [5.41, 5.74) is 4.59. The minimum Gasteiger partial charge on any atom is -0.352 e. The number of hydrogen-bond donors (Lipinski definition) is 1. The van der Waals surface area contributed by atoms with Gasteiger partial charge in [-0.1, -0.05) is 80.2 Å². The van der Waals surface area contributed by atoms with Gasteiger partial charge in [0.25, 0.3) is 11.5 Å². The van der Waals surface area contributed by atoms with E-state index in [4.69, 9.17) is 4.98 Å². The molecule has 0 unspecified atom stereocenters. The minimum atomic E-state index is -0.148. The Balaban J connectivity index is 1.69. The molecule has 180 valence electrons. The van der Waals surface area contributed by atoms with Crippen molar-refractivity contribution in [2.45, 2.75) is 44.6 Å². The second-order valence-electron chi connectivity index (χ2n) is 9.14. The van der Waals surface area contributed by atoms with Crippen molar-refractivity contribution in [2.24, 2.45) is 5.92 Å². The maximum Gasteiger partial charge on any atom is 0.262 e. The first-order valence-electron chi connectivity index (χ1n) is 12.0. The van der Waals surface area contributed by atoms with Crippen molar-refractivity contribution in [3.63, 3.8) is 0 Å². The Morgan fingerprint density at radius 1 is 1.03 bits per heavy atom. The van der Waals surface area contributed by atoms with Crippen molar-refractivity contribution in [2.75, 3.05) is 6.54 Å². The molecule has 6 heteroatoms. The summed E-state index contributed by atoms with van der Waals surface area (Å²) in [4.78, 5) is 31.0. The number of amides is 1. The van der Waals surface area contributed by atoms with E-state index in [-0.39, 0.29) is 11.5 Å². The summed E-state index contributed by atoms with van der Waals surface area (Å²) in [7, 11) is 0.